The maximum atomic E-state index is 12.3. The molecule has 0 atom stereocenters. The monoisotopic (exact) mass is 420 g/mol. The molecular weight excluding hydrogens is 397 g/mol. The van der Waals surface area contributed by atoms with Crippen LogP contribution in [0.5, 0.6) is 5.75 Å². The molecule has 0 unspecified atom stereocenters. The van der Waals surface area contributed by atoms with Crippen molar-refractivity contribution in [1.29, 1.82) is 0 Å². The van der Waals surface area contributed by atoms with Gasteiger partial charge in [-0.25, -0.2) is 0 Å². The minimum absolute atomic E-state index is 0.248. The van der Waals surface area contributed by atoms with Crippen LogP contribution in [0.4, 0.5) is 13.2 Å². The molecule has 0 amide bonds. The molecule has 0 bridgehead atoms. The number of hydrogen-bond acceptors (Lipinski definition) is 1. The smallest absolute Gasteiger partial charge is 0.406 e. The van der Waals surface area contributed by atoms with E-state index in [1.807, 2.05) is 6.07 Å². The molecule has 0 aliphatic heterocycles. The van der Waals surface area contributed by atoms with Crippen LogP contribution in [0.3, 0.4) is 0 Å². The molecule has 1 nitrogen and oxygen atoms in total. The predicted octanol–water partition coefficient (Wildman–Crippen LogP) is 7.29. The first kappa shape index (κ1) is 21.1. The fourth-order valence-electron chi connectivity index (χ4n) is 3.96. The standard InChI is InChI=1S/C27H23F3O/c1-2-3-4-5-20-10-14-25-22(16-20)18-23-17-21(11-15-26(23)25)7-6-19-8-12-24(13-9-19)31-27(28,29)30/h8-17H,2-5,18H2,1H3. The Bertz CT molecular complexity index is 1130. The van der Waals surface area contributed by atoms with Gasteiger partial charge in [0.25, 0.3) is 0 Å². The molecule has 1 aliphatic rings. The van der Waals surface area contributed by atoms with E-state index in [4.69, 9.17) is 0 Å². The molecule has 0 fully saturated rings. The highest BCUT2D eigenvalue weighted by molar-refractivity contribution is 5.77. The van der Waals surface area contributed by atoms with Crippen molar-refractivity contribution in [2.45, 2.75) is 45.4 Å². The minimum Gasteiger partial charge on any atom is -0.406 e. The Morgan fingerprint density at radius 1 is 0.806 bits per heavy atom. The first-order chi connectivity index (χ1) is 14.9. The van der Waals surface area contributed by atoms with Crippen LogP contribution in [0.25, 0.3) is 11.1 Å². The Morgan fingerprint density at radius 2 is 1.45 bits per heavy atom. The van der Waals surface area contributed by atoms with Gasteiger partial charge < -0.3 is 4.74 Å². The molecule has 0 heterocycles. The Labute approximate surface area is 180 Å². The molecule has 4 rings (SSSR count). The lowest BCUT2D eigenvalue weighted by Crippen LogP contribution is -2.16. The summed E-state index contributed by atoms with van der Waals surface area (Å²) in [5.74, 6) is 5.88. The van der Waals surface area contributed by atoms with Crippen LogP contribution in [0.2, 0.25) is 0 Å². The predicted molar refractivity (Wildman–Crippen MR) is 117 cm³/mol. The lowest BCUT2D eigenvalue weighted by atomic mass is 10.00. The van der Waals surface area contributed by atoms with Gasteiger partial charge in [-0.2, -0.15) is 0 Å². The van der Waals surface area contributed by atoms with Crippen LogP contribution in [-0.4, -0.2) is 6.36 Å². The van der Waals surface area contributed by atoms with Crippen molar-refractivity contribution in [2.75, 3.05) is 0 Å². The number of unbranched alkanes of at least 4 members (excludes halogenated alkanes) is 2. The molecule has 0 N–H and O–H groups in total. The van der Waals surface area contributed by atoms with Gasteiger partial charge in [0.1, 0.15) is 5.75 Å². The number of aryl methyl sites for hydroxylation is 1. The minimum atomic E-state index is -4.69. The molecule has 3 aromatic rings. The number of halogens is 3. The molecule has 31 heavy (non-hydrogen) atoms. The van der Waals surface area contributed by atoms with Crippen molar-refractivity contribution in [2.24, 2.45) is 0 Å². The first-order valence-electron chi connectivity index (χ1n) is 10.5. The molecule has 0 saturated carbocycles. The summed E-state index contributed by atoms with van der Waals surface area (Å²) in [5.41, 5.74) is 8.12. The zero-order chi connectivity index (χ0) is 21.8. The fraction of sp³-hybridized carbons (Fsp3) is 0.259. The zero-order valence-electron chi connectivity index (χ0n) is 17.4. The van der Waals surface area contributed by atoms with Gasteiger partial charge in [-0.3, -0.25) is 0 Å². The van der Waals surface area contributed by atoms with E-state index in [1.165, 1.54) is 71.3 Å². The van der Waals surface area contributed by atoms with Crippen LogP contribution in [-0.2, 0) is 12.8 Å². The van der Waals surface area contributed by atoms with Gasteiger partial charge in [0.2, 0.25) is 0 Å². The summed E-state index contributed by atoms with van der Waals surface area (Å²) in [6.07, 6.45) is 1.06. The van der Waals surface area contributed by atoms with Gasteiger partial charge in [0.15, 0.2) is 0 Å². The van der Waals surface area contributed by atoms with Gasteiger partial charge >= 0.3 is 6.36 Å². The van der Waals surface area contributed by atoms with Gasteiger partial charge in [-0.15, -0.1) is 13.2 Å². The summed E-state index contributed by atoms with van der Waals surface area (Å²) in [6, 6.07) is 18.6. The third kappa shape index (κ3) is 5.30. The number of alkyl halides is 3. The normalized spacial score (nSPS) is 12.0. The fourth-order valence-corrected chi connectivity index (χ4v) is 3.96. The number of ether oxygens (including phenoxy) is 1. The Hall–Kier alpha value is -3.19. The Balaban J connectivity index is 1.47. The highest BCUT2D eigenvalue weighted by Gasteiger charge is 2.30. The van der Waals surface area contributed by atoms with Crippen LogP contribution in [0.1, 0.15) is 54.0 Å². The summed E-state index contributed by atoms with van der Waals surface area (Å²) in [7, 11) is 0. The molecule has 3 aromatic carbocycles. The lowest BCUT2D eigenvalue weighted by Gasteiger charge is -2.08. The summed E-state index contributed by atoms with van der Waals surface area (Å²) >= 11 is 0. The van der Waals surface area contributed by atoms with Crippen molar-refractivity contribution in [1.82, 2.24) is 0 Å². The van der Waals surface area contributed by atoms with Crippen LogP contribution in [0.15, 0.2) is 60.7 Å². The second-order valence-electron chi connectivity index (χ2n) is 7.82. The largest absolute Gasteiger partial charge is 0.573 e. The number of benzene rings is 3. The van der Waals surface area contributed by atoms with Gasteiger partial charge in [0, 0.05) is 11.1 Å². The topological polar surface area (TPSA) is 9.23 Å². The average Bonchev–Trinajstić information content (AvgIpc) is 3.09. The maximum absolute atomic E-state index is 12.3. The van der Waals surface area contributed by atoms with Crippen LogP contribution in [0, 0.1) is 11.8 Å². The van der Waals surface area contributed by atoms with Crippen molar-refractivity contribution in [3.63, 3.8) is 0 Å². The Morgan fingerprint density at radius 3 is 2.16 bits per heavy atom. The van der Waals surface area contributed by atoms with Crippen molar-refractivity contribution in [3.8, 4) is 28.7 Å². The van der Waals surface area contributed by atoms with E-state index >= 15 is 0 Å². The molecule has 4 heteroatoms. The van der Waals surface area contributed by atoms with E-state index in [0.717, 1.165) is 18.4 Å². The van der Waals surface area contributed by atoms with Crippen LogP contribution < -0.4 is 4.74 Å². The third-order valence-electron chi connectivity index (χ3n) is 5.45. The second kappa shape index (κ2) is 8.89. The van der Waals surface area contributed by atoms with Crippen molar-refractivity contribution in [3.05, 3.63) is 88.5 Å². The summed E-state index contributed by atoms with van der Waals surface area (Å²) in [4.78, 5) is 0. The molecule has 1 aliphatic carbocycles. The summed E-state index contributed by atoms with van der Waals surface area (Å²) in [6.45, 7) is 2.22. The summed E-state index contributed by atoms with van der Waals surface area (Å²) < 4.78 is 40.7. The lowest BCUT2D eigenvalue weighted by molar-refractivity contribution is -0.274. The number of rotatable bonds is 5. The van der Waals surface area contributed by atoms with Crippen molar-refractivity contribution < 1.29 is 17.9 Å². The molecule has 0 saturated heterocycles. The molecule has 0 spiro atoms. The van der Waals surface area contributed by atoms with E-state index in [2.05, 4.69) is 53.8 Å². The van der Waals surface area contributed by atoms with Crippen LogP contribution >= 0.6 is 0 Å². The number of hydrogen-bond donors (Lipinski definition) is 0. The highest BCUT2D eigenvalue weighted by Crippen LogP contribution is 2.37. The number of fused-ring (bicyclic) bond motifs is 3. The summed E-state index contributed by atoms with van der Waals surface area (Å²) in [5, 5.41) is 0. The molecular formula is C27H23F3O. The highest BCUT2D eigenvalue weighted by atomic mass is 19.4. The van der Waals surface area contributed by atoms with E-state index in [1.54, 1.807) is 0 Å². The molecule has 158 valence electrons. The molecule has 0 aromatic heterocycles. The SMILES string of the molecule is CCCCCc1ccc2c(c1)Cc1cc(C#Cc3ccc(OC(F)(F)F)cc3)ccc1-2. The Kier molecular flexibility index (Phi) is 6.04. The van der Waals surface area contributed by atoms with Gasteiger partial charge in [-0.1, -0.05) is 55.9 Å². The van der Waals surface area contributed by atoms with E-state index in [9.17, 15) is 13.2 Å². The second-order valence-corrected chi connectivity index (χ2v) is 7.82. The average molecular weight is 420 g/mol. The quantitative estimate of drug-likeness (QED) is 0.243. The van der Waals surface area contributed by atoms with E-state index < -0.39 is 6.36 Å². The van der Waals surface area contributed by atoms with Crippen molar-refractivity contribution >= 4 is 0 Å². The van der Waals surface area contributed by atoms with Gasteiger partial charge in [0.05, 0.1) is 0 Å². The maximum Gasteiger partial charge on any atom is 0.573 e. The third-order valence-corrected chi connectivity index (χ3v) is 5.45. The first-order valence-corrected chi connectivity index (χ1v) is 10.5. The van der Waals surface area contributed by atoms with Gasteiger partial charge in [-0.05, 0) is 83.5 Å². The molecule has 0 radical (unpaired) electrons. The van der Waals surface area contributed by atoms with E-state index in [0.29, 0.717) is 5.56 Å². The zero-order valence-corrected chi connectivity index (χ0v) is 17.4. The van der Waals surface area contributed by atoms with E-state index in [-0.39, 0.29) is 5.75 Å².